The molecule has 3 N–H and O–H groups in total. The zero-order valence-corrected chi connectivity index (χ0v) is 36.9. The van der Waals surface area contributed by atoms with E-state index in [2.05, 4.69) is 91.3 Å². The van der Waals surface area contributed by atoms with Crippen molar-refractivity contribution in [1.29, 1.82) is 0 Å². The Morgan fingerprint density at radius 3 is 1.50 bits per heavy atom. The van der Waals surface area contributed by atoms with Crippen LogP contribution in [0.5, 0.6) is 0 Å². The van der Waals surface area contributed by atoms with Crippen molar-refractivity contribution in [2.45, 2.75) is 174 Å². The number of hydrogen-bond acceptors (Lipinski definition) is 9. The number of aliphatic hydroxyl groups is 2. The van der Waals surface area contributed by atoms with Crippen LogP contribution in [0.15, 0.2) is 85.1 Å². The first-order valence-corrected chi connectivity index (χ1v) is 23.5. The van der Waals surface area contributed by atoms with Gasteiger partial charge in [0.1, 0.15) is 12.7 Å². The van der Waals surface area contributed by atoms with Gasteiger partial charge in [-0.25, -0.2) is 4.57 Å². The van der Waals surface area contributed by atoms with E-state index in [4.69, 9.17) is 19.1 Å². The normalized spacial score (nSPS) is 14.6. The summed E-state index contributed by atoms with van der Waals surface area (Å²) in [6.07, 6.45) is 49.9. The molecular weight excluding hydrogens is 755 g/mol. The van der Waals surface area contributed by atoms with Crippen LogP contribution in [0.4, 0.5) is 0 Å². The molecule has 11 heteroatoms. The molecule has 0 amide bonds. The van der Waals surface area contributed by atoms with Crippen molar-refractivity contribution >= 4 is 19.8 Å². The van der Waals surface area contributed by atoms with Crippen LogP contribution in [0, 0.1) is 0 Å². The van der Waals surface area contributed by atoms with Gasteiger partial charge in [-0.15, -0.1) is 0 Å². The van der Waals surface area contributed by atoms with Crippen molar-refractivity contribution in [2.24, 2.45) is 0 Å². The van der Waals surface area contributed by atoms with Crippen molar-refractivity contribution < 1.29 is 47.8 Å². The Bertz CT molecular complexity index is 1240. The number of hydrogen-bond donors (Lipinski definition) is 3. The summed E-state index contributed by atoms with van der Waals surface area (Å²) in [5, 5.41) is 18.3. The molecule has 3 atom stereocenters. The third-order valence-corrected chi connectivity index (χ3v) is 9.75. The van der Waals surface area contributed by atoms with Gasteiger partial charge in [0.2, 0.25) is 0 Å². The monoisotopic (exact) mass is 835 g/mol. The quantitative estimate of drug-likeness (QED) is 0.0236. The third-order valence-electron chi connectivity index (χ3n) is 8.80. The fourth-order valence-electron chi connectivity index (χ4n) is 5.42. The van der Waals surface area contributed by atoms with E-state index in [1.54, 1.807) is 0 Å². The number of allylic oxidation sites excluding steroid dienone is 14. The van der Waals surface area contributed by atoms with Crippen LogP contribution in [0.2, 0.25) is 0 Å². The summed E-state index contributed by atoms with van der Waals surface area (Å²) >= 11 is 0. The number of esters is 2. The molecule has 0 aromatic carbocycles. The Morgan fingerprint density at radius 2 is 0.983 bits per heavy atom. The van der Waals surface area contributed by atoms with E-state index in [-0.39, 0.29) is 19.4 Å². The van der Waals surface area contributed by atoms with E-state index in [0.29, 0.717) is 12.8 Å². The first-order valence-electron chi connectivity index (χ1n) is 22.0. The highest BCUT2D eigenvalue weighted by Gasteiger charge is 2.27. The van der Waals surface area contributed by atoms with Gasteiger partial charge >= 0.3 is 19.8 Å². The lowest BCUT2D eigenvalue weighted by atomic mass is 10.1. The van der Waals surface area contributed by atoms with E-state index in [1.807, 2.05) is 12.2 Å². The smallest absolute Gasteiger partial charge is 0.462 e. The Balaban J connectivity index is 4.44. The van der Waals surface area contributed by atoms with Crippen LogP contribution < -0.4 is 0 Å². The first kappa shape index (κ1) is 55.2. The summed E-state index contributed by atoms with van der Waals surface area (Å²) in [7, 11) is -4.64. The molecule has 0 fully saturated rings. The Hall–Kier alpha value is -2.85. The van der Waals surface area contributed by atoms with Gasteiger partial charge in [-0.3, -0.25) is 18.6 Å². The topological polar surface area (TPSA) is 149 Å². The molecule has 1 unspecified atom stereocenters. The average Bonchev–Trinajstić information content (AvgIpc) is 3.21. The van der Waals surface area contributed by atoms with E-state index in [1.165, 1.54) is 44.9 Å². The van der Waals surface area contributed by atoms with Crippen LogP contribution in [-0.4, -0.2) is 65.7 Å². The summed E-state index contributed by atoms with van der Waals surface area (Å²) in [4.78, 5) is 35.0. The molecule has 332 valence electrons. The summed E-state index contributed by atoms with van der Waals surface area (Å²) in [6.45, 7) is 2.16. The largest absolute Gasteiger partial charge is 0.472 e. The van der Waals surface area contributed by atoms with Crippen LogP contribution in [0.1, 0.15) is 162 Å². The lowest BCUT2D eigenvalue weighted by Crippen LogP contribution is -2.29. The molecule has 58 heavy (non-hydrogen) atoms. The number of ether oxygens (including phenoxy) is 2. The van der Waals surface area contributed by atoms with E-state index >= 15 is 0 Å². The molecule has 0 rings (SSSR count). The fraction of sp³-hybridized carbons (Fsp3) is 0.660. The lowest BCUT2D eigenvalue weighted by Gasteiger charge is -2.20. The summed E-state index contributed by atoms with van der Waals surface area (Å²) < 4.78 is 32.6. The maximum absolute atomic E-state index is 12.6. The zero-order valence-electron chi connectivity index (χ0n) is 36.0. The van der Waals surface area contributed by atoms with Crippen molar-refractivity contribution in [2.75, 3.05) is 26.4 Å². The second kappa shape index (κ2) is 42.3. The fourth-order valence-corrected chi connectivity index (χ4v) is 6.21. The van der Waals surface area contributed by atoms with Crippen LogP contribution in [0.25, 0.3) is 0 Å². The molecule has 0 spiro atoms. The van der Waals surface area contributed by atoms with Crippen molar-refractivity contribution in [1.82, 2.24) is 0 Å². The maximum atomic E-state index is 12.6. The summed E-state index contributed by atoms with van der Waals surface area (Å²) in [6, 6.07) is 0. The SMILES string of the molecule is CC/C=C\C/C=C\C/C=C\C/C=C\C/C=C\C/C=C\CCC(=O)OC[C@H](COP(=O)(O)OC[C@@H](O)CO)OC(=O)CCCCCCC/C=C\CCCCCCCCC. The molecule has 0 saturated carbocycles. The van der Waals surface area contributed by atoms with E-state index in [9.17, 15) is 24.2 Å². The molecule has 0 aliphatic heterocycles. The molecule has 0 aliphatic carbocycles. The number of phosphoric ester groups is 1. The number of unbranched alkanes of at least 4 members (excludes halogenated alkanes) is 12. The molecule has 0 aromatic rings. The number of phosphoric acid groups is 1. The number of carbonyl (C=O) groups is 2. The molecule has 0 aliphatic rings. The number of rotatable bonds is 40. The average molecular weight is 835 g/mol. The highest BCUT2D eigenvalue weighted by atomic mass is 31.2. The van der Waals surface area contributed by atoms with Gasteiger partial charge < -0.3 is 24.6 Å². The standard InChI is InChI=1S/C47H79O10P/c1-3-5-7-9-11-13-15-17-19-21-22-23-25-26-28-30-32-34-36-38-46(50)54-42-45(43-56-58(52,53)55-41-44(49)40-48)57-47(51)39-37-35-33-31-29-27-24-20-18-16-14-12-10-8-6-4-2/h5,7,11,13,17,19-20,22-24,26,28,32,34,44-45,48-49H,3-4,6,8-10,12,14-16,18,21,25,27,29-31,33,35-43H2,1-2H3,(H,52,53)/b7-5-,13-11-,19-17-,23-22-,24-20-,28-26-,34-32-/t44-,45+/m0/s1. The Labute approximate surface area is 351 Å². The van der Waals surface area contributed by atoms with Gasteiger partial charge in [0.05, 0.1) is 19.8 Å². The van der Waals surface area contributed by atoms with Gasteiger partial charge in [0, 0.05) is 12.8 Å². The van der Waals surface area contributed by atoms with Crippen LogP contribution in [0.3, 0.4) is 0 Å². The molecular formula is C47H79O10P. The molecule has 0 aromatic heterocycles. The van der Waals surface area contributed by atoms with Gasteiger partial charge in [0.25, 0.3) is 0 Å². The van der Waals surface area contributed by atoms with Gasteiger partial charge in [-0.2, -0.15) is 0 Å². The van der Waals surface area contributed by atoms with Gasteiger partial charge in [-0.1, -0.05) is 157 Å². The van der Waals surface area contributed by atoms with E-state index < -0.39 is 51.8 Å². The highest BCUT2D eigenvalue weighted by molar-refractivity contribution is 7.47. The summed E-state index contributed by atoms with van der Waals surface area (Å²) in [5.41, 5.74) is 0. The Morgan fingerprint density at radius 1 is 0.534 bits per heavy atom. The second-order valence-electron chi connectivity index (χ2n) is 14.3. The molecule has 10 nitrogen and oxygen atoms in total. The molecule has 0 radical (unpaired) electrons. The highest BCUT2D eigenvalue weighted by Crippen LogP contribution is 2.43. The second-order valence-corrected chi connectivity index (χ2v) is 15.8. The van der Waals surface area contributed by atoms with Crippen molar-refractivity contribution in [3.05, 3.63) is 85.1 Å². The van der Waals surface area contributed by atoms with Gasteiger partial charge in [0.15, 0.2) is 6.10 Å². The minimum absolute atomic E-state index is 0.110. The first-order chi connectivity index (χ1) is 28.2. The molecule has 0 heterocycles. The summed E-state index contributed by atoms with van der Waals surface area (Å²) in [5.74, 6) is -1.04. The van der Waals surface area contributed by atoms with Crippen molar-refractivity contribution in [3.8, 4) is 0 Å². The lowest BCUT2D eigenvalue weighted by molar-refractivity contribution is -0.161. The maximum Gasteiger partial charge on any atom is 0.472 e. The predicted molar refractivity (Wildman–Crippen MR) is 237 cm³/mol. The third kappa shape index (κ3) is 41.3. The van der Waals surface area contributed by atoms with Gasteiger partial charge in [-0.05, 0) is 77.0 Å². The number of carbonyl (C=O) groups excluding carboxylic acids is 2. The van der Waals surface area contributed by atoms with E-state index in [0.717, 1.165) is 77.0 Å². The molecule has 0 saturated heterocycles. The molecule has 0 bridgehead atoms. The number of aliphatic hydroxyl groups excluding tert-OH is 2. The minimum atomic E-state index is -4.64. The Kier molecular flexibility index (Phi) is 40.2. The van der Waals surface area contributed by atoms with Crippen molar-refractivity contribution in [3.63, 3.8) is 0 Å². The van der Waals surface area contributed by atoms with Crippen LogP contribution >= 0.6 is 7.82 Å². The predicted octanol–water partition coefficient (Wildman–Crippen LogP) is 11.8. The zero-order chi connectivity index (χ0) is 42.6. The van der Waals surface area contributed by atoms with Crippen LogP contribution in [-0.2, 0) is 32.7 Å². The minimum Gasteiger partial charge on any atom is -0.462 e.